The Balaban J connectivity index is 1.67. The van der Waals surface area contributed by atoms with Crippen molar-refractivity contribution in [2.45, 2.75) is 45.3 Å². The van der Waals surface area contributed by atoms with Gasteiger partial charge in [0.2, 0.25) is 5.88 Å². The van der Waals surface area contributed by atoms with E-state index >= 15 is 0 Å². The zero-order valence-electron chi connectivity index (χ0n) is 19.8. The number of ether oxygens (including phenoxy) is 1. The first kappa shape index (κ1) is 23.3. The van der Waals surface area contributed by atoms with E-state index in [9.17, 15) is 5.11 Å². The van der Waals surface area contributed by atoms with E-state index in [0.717, 1.165) is 59.3 Å². The van der Waals surface area contributed by atoms with E-state index in [1.807, 2.05) is 54.2 Å². The van der Waals surface area contributed by atoms with E-state index in [4.69, 9.17) is 9.84 Å². The Morgan fingerprint density at radius 3 is 2.70 bits per heavy atom. The minimum absolute atomic E-state index is 0.375. The number of aryl methyl sites for hydroxylation is 2. The molecular formula is C28H35N3O2. The molecule has 1 aromatic heterocycles. The first-order valence-corrected chi connectivity index (χ1v) is 11.9. The summed E-state index contributed by atoms with van der Waals surface area (Å²) in [6.07, 6.45) is 5.59. The normalized spacial score (nSPS) is 14.4. The lowest BCUT2D eigenvalue weighted by Crippen LogP contribution is -2.33. The van der Waals surface area contributed by atoms with Gasteiger partial charge in [-0.3, -0.25) is 4.90 Å². The molecule has 5 nitrogen and oxygen atoms in total. The van der Waals surface area contributed by atoms with Crippen molar-refractivity contribution >= 4 is 0 Å². The Labute approximate surface area is 197 Å². The summed E-state index contributed by atoms with van der Waals surface area (Å²) in [5.74, 6) is 2.27. The van der Waals surface area contributed by atoms with Crippen LogP contribution in [0.5, 0.6) is 11.6 Å². The molecule has 1 N–H and O–H groups in total. The fourth-order valence-electron chi connectivity index (χ4n) is 4.23. The van der Waals surface area contributed by atoms with Crippen molar-refractivity contribution in [1.82, 2.24) is 14.7 Å². The zero-order valence-corrected chi connectivity index (χ0v) is 19.8. The van der Waals surface area contributed by atoms with Gasteiger partial charge in [0.15, 0.2) is 0 Å². The Morgan fingerprint density at radius 2 is 2.00 bits per heavy atom. The standard InChI is InChI=1S/C28H35N3O2/c1-4-5-13-24(32)19-31(18-22-15-16-22)20-26-27(23-11-7-6-8-12-23)29-30(3)28(26)33-25-14-9-10-21(2)17-25/h4,6-12,14,17,22,24,32H,1,5,13,15-16,18-20H2,2-3H3/t24-/m1/s1. The molecule has 174 valence electrons. The number of allylic oxidation sites excluding steroid dienone is 1. The molecule has 0 radical (unpaired) electrons. The molecule has 1 heterocycles. The van der Waals surface area contributed by atoms with Crippen molar-refractivity contribution in [3.63, 3.8) is 0 Å². The van der Waals surface area contributed by atoms with E-state index < -0.39 is 0 Å². The van der Waals surface area contributed by atoms with Gasteiger partial charge in [-0.15, -0.1) is 6.58 Å². The molecule has 1 aliphatic carbocycles. The molecule has 0 bridgehead atoms. The lowest BCUT2D eigenvalue weighted by Gasteiger charge is -2.25. The molecule has 1 atom stereocenters. The molecular weight excluding hydrogens is 410 g/mol. The summed E-state index contributed by atoms with van der Waals surface area (Å²) in [5, 5.41) is 15.5. The highest BCUT2D eigenvalue weighted by atomic mass is 16.5. The number of aromatic nitrogens is 2. The number of aliphatic hydroxyl groups excluding tert-OH is 1. The smallest absolute Gasteiger partial charge is 0.222 e. The van der Waals surface area contributed by atoms with Gasteiger partial charge in [0.1, 0.15) is 11.4 Å². The van der Waals surface area contributed by atoms with Gasteiger partial charge < -0.3 is 9.84 Å². The van der Waals surface area contributed by atoms with Crippen LogP contribution in [0.3, 0.4) is 0 Å². The minimum Gasteiger partial charge on any atom is -0.439 e. The highest BCUT2D eigenvalue weighted by molar-refractivity contribution is 5.65. The van der Waals surface area contributed by atoms with Crippen molar-refractivity contribution in [3.05, 3.63) is 78.4 Å². The number of benzene rings is 2. The average Bonchev–Trinajstić information content (AvgIpc) is 3.57. The van der Waals surface area contributed by atoms with Crippen LogP contribution in [-0.2, 0) is 13.6 Å². The second-order valence-electron chi connectivity index (χ2n) is 9.20. The van der Waals surface area contributed by atoms with Crippen LogP contribution in [0.25, 0.3) is 11.3 Å². The Kier molecular flexibility index (Phi) is 7.63. The van der Waals surface area contributed by atoms with Crippen molar-refractivity contribution in [2.75, 3.05) is 13.1 Å². The maximum absolute atomic E-state index is 10.6. The van der Waals surface area contributed by atoms with Gasteiger partial charge in [-0.1, -0.05) is 48.5 Å². The Bertz CT molecular complexity index is 1060. The van der Waals surface area contributed by atoms with Gasteiger partial charge in [-0.2, -0.15) is 5.10 Å². The summed E-state index contributed by atoms with van der Waals surface area (Å²) < 4.78 is 8.25. The number of aliphatic hydroxyl groups is 1. The summed E-state index contributed by atoms with van der Waals surface area (Å²) in [5.41, 5.74) is 4.21. The first-order chi connectivity index (χ1) is 16.0. The van der Waals surface area contributed by atoms with Crippen LogP contribution in [0.4, 0.5) is 0 Å². The topological polar surface area (TPSA) is 50.5 Å². The number of hydrogen-bond acceptors (Lipinski definition) is 4. The van der Waals surface area contributed by atoms with Crippen LogP contribution >= 0.6 is 0 Å². The predicted octanol–water partition coefficient (Wildman–Crippen LogP) is 5.73. The van der Waals surface area contributed by atoms with E-state index in [0.29, 0.717) is 13.1 Å². The SMILES string of the molecule is C=CCC[C@@H](O)CN(Cc1c(-c2ccccc2)nn(C)c1Oc1cccc(C)c1)CC1CC1. The summed E-state index contributed by atoms with van der Waals surface area (Å²) in [6, 6.07) is 18.4. The second kappa shape index (κ2) is 10.8. The van der Waals surface area contributed by atoms with Crippen molar-refractivity contribution in [1.29, 1.82) is 0 Å². The predicted molar refractivity (Wildman–Crippen MR) is 133 cm³/mol. The van der Waals surface area contributed by atoms with Crippen LogP contribution in [0.15, 0.2) is 67.3 Å². The lowest BCUT2D eigenvalue weighted by molar-refractivity contribution is 0.0992. The molecule has 1 aliphatic rings. The van der Waals surface area contributed by atoms with Crippen LogP contribution < -0.4 is 4.74 Å². The molecule has 3 aromatic rings. The Morgan fingerprint density at radius 1 is 1.21 bits per heavy atom. The maximum atomic E-state index is 10.6. The summed E-state index contributed by atoms with van der Waals surface area (Å²) >= 11 is 0. The maximum Gasteiger partial charge on any atom is 0.222 e. The first-order valence-electron chi connectivity index (χ1n) is 11.9. The summed E-state index contributed by atoms with van der Waals surface area (Å²) in [7, 11) is 1.94. The minimum atomic E-state index is -0.375. The van der Waals surface area contributed by atoms with Crippen molar-refractivity contribution < 1.29 is 9.84 Å². The number of rotatable bonds is 12. The lowest BCUT2D eigenvalue weighted by atomic mass is 10.1. The third kappa shape index (κ3) is 6.34. The molecule has 33 heavy (non-hydrogen) atoms. The molecule has 0 aliphatic heterocycles. The second-order valence-corrected chi connectivity index (χ2v) is 9.20. The van der Waals surface area contributed by atoms with Gasteiger partial charge in [-0.25, -0.2) is 4.68 Å². The van der Waals surface area contributed by atoms with Crippen LogP contribution in [0, 0.1) is 12.8 Å². The highest BCUT2D eigenvalue weighted by Crippen LogP contribution is 2.36. The molecule has 1 fully saturated rings. The van der Waals surface area contributed by atoms with Gasteiger partial charge in [0.25, 0.3) is 0 Å². The zero-order chi connectivity index (χ0) is 23.2. The van der Waals surface area contributed by atoms with E-state index in [1.165, 1.54) is 12.8 Å². The van der Waals surface area contributed by atoms with Crippen molar-refractivity contribution in [2.24, 2.45) is 13.0 Å². The van der Waals surface area contributed by atoms with E-state index in [-0.39, 0.29) is 6.10 Å². The summed E-state index contributed by atoms with van der Waals surface area (Å²) in [4.78, 5) is 2.37. The van der Waals surface area contributed by atoms with E-state index in [1.54, 1.807) is 0 Å². The van der Waals surface area contributed by atoms with Crippen LogP contribution in [0.1, 0.15) is 36.8 Å². The molecule has 1 saturated carbocycles. The quantitative estimate of drug-likeness (QED) is 0.362. The molecule has 2 aromatic carbocycles. The number of nitrogens with zero attached hydrogens (tertiary/aromatic N) is 3. The van der Waals surface area contributed by atoms with Crippen LogP contribution in [-0.4, -0.2) is 39.0 Å². The summed E-state index contributed by atoms with van der Waals surface area (Å²) in [6.45, 7) is 8.16. The van der Waals surface area contributed by atoms with Gasteiger partial charge in [-0.05, 0) is 56.2 Å². The van der Waals surface area contributed by atoms with Gasteiger partial charge >= 0.3 is 0 Å². The Hall–Kier alpha value is -2.89. The number of hydrogen-bond donors (Lipinski definition) is 1. The fraction of sp³-hybridized carbons (Fsp3) is 0.393. The molecule has 0 spiro atoms. The van der Waals surface area contributed by atoms with Gasteiger partial charge in [0.05, 0.1) is 11.7 Å². The third-order valence-electron chi connectivity index (χ3n) is 6.11. The highest BCUT2D eigenvalue weighted by Gasteiger charge is 2.28. The van der Waals surface area contributed by atoms with Crippen LogP contribution in [0.2, 0.25) is 0 Å². The molecule has 0 saturated heterocycles. The third-order valence-corrected chi connectivity index (χ3v) is 6.11. The van der Waals surface area contributed by atoms with Gasteiger partial charge in [0, 0.05) is 32.2 Å². The molecule has 5 heteroatoms. The molecule has 0 amide bonds. The molecule has 4 rings (SSSR count). The van der Waals surface area contributed by atoms with E-state index in [2.05, 4.69) is 36.6 Å². The largest absolute Gasteiger partial charge is 0.439 e. The monoisotopic (exact) mass is 445 g/mol. The van der Waals surface area contributed by atoms with Crippen molar-refractivity contribution in [3.8, 4) is 22.9 Å². The average molecular weight is 446 g/mol. The molecule has 0 unspecified atom stereocenters. The fourth-order valence-corrected chi connectivity index (χ4v) is 4.23.